The molecule has 3 heteroatoms. The van der Waals surface area contributed by atoms with Gasteiger partial charge in [-0.25, -0.2) is 4.79 Å². The Kier molecular flexibility index (Phi) is 5.01. The lowest BCUT2D eigenvalue weighted by atomic mass is 10.1. The predicted octanol–water partition coefficient (Wildman–Crippen LogP) is 3.21. The zero-order chi connectivity index (χ0) is 12.8. The van der Waals surface area contributed by atoms with Crippen LogP contribution < -0.4 is 4.74 Å². The topological polar surface area (TPSA) is 35.5 Å². The molecule has 0 radical (unpaired) electrons. The molecule has 0 fully saturated rings. The van der Waals surface area contributed by atoms with E-state index in [0.717, 1.165) is 12.0 Å². The highest BCUT2D eigenvalue weighted by Crippen LogP contribution is 2.25. The van der Waals surface area contributed by atoms with Crippen LogP contribution in [0.5, 0.6) is 5.75 Å². The van der Waals surface area contributed by atoms with Crippen LogP contribution in [-0.2, 0) is 11.2 Å². The highest BCUT2D eigenvalue weighted by atomic mass is 16.5. The fourth-order valence-corrected chi connectivity index (χ4v) is 1.62. The molecule has 17 heavy (non-hydrogen) atoms. The van der Waals surface area contributed by atoms with Crippen LogP contribution in [0.1, 0.15) is 43.6 Å². The van der Waals surface area contributed by atoms with Crippen molar-refractivity contribution in [2.24, 2.45) is 0 Å². The van der Waals surface area contributed by atoms with E-state index in [1.807, 2.05) is 39.8 Å². The van der Waals surface area contributed by atoms with Crippen molar-refractivity contribution < 1.29 is 14.3 Å². The summed E-state index contributed by atoms with van der Waals surface area (Å²) in [4.78, 5) is 11.9. The summed E-state index contributed by atoms with van der Waals surface area (Å²) < 4.78 is 10.8. The number of ether oxygens (including phenoxy) is 2. The summed E-state index contributed by atoms with van der Waals surface area (Å²) in [5.74, 6) is 0.335. The lowest BCUT2D eigenvalue weighted by molar-refractivity contribution is 0.0373. The molecular weight excluding hydrogens is 216 g/mol. The number of hydrogen-bond donors (Lipinski definition) is 0. The molecule has 0 saturated carbocycles. The summed E-state index contributed by atoms with van der Waals surface area (Å²) in [6, 6.07) is 5.57. The van der Waals surface area contributed by atoms with Crippen molar-refractivity contribution in [3.8, 4) is 5.75 Å². The minimum atomic E-state index is -0.321. The van der Waals surface area contributed by atoms with Gasteiger partial charge in [0.15, 0.2) is 0 Å². The zero-order valence-corrected chi connectivity index (χ0v) is 10.9. The molecule has 0 heterocycles. The van der Waals surface area contributed by atoms with Gasteiger partial charge < -0.3 is 9.47 Å². The first-order valence-corrected chi connectivity index (χ1v) is 6.05. The maximum Gasteiger partial charge on any atom is 0.342 e. The van der Waals surface area contributed by atoms with Gasteiger partial charge in [0.2, 0.25) is 0 Å². The molecule has 0 aromatic heterocycles. The Balaban J connectivity index is 3.08. The van der Waals surface area contributed by atoms with Crippen molar-refractivity contribution in [1.29, 1.82) is 0 Å². The van der Waals surface area contributed by atoms with E-state index >= 15 is 0 Å². The second-order valence-electron chi connectivity index (χ2n) is 4.03. The first kappa shape index (κ1) is 13.6. The van der Waals surface area contributed by atoms with Crippen molar-refractivity contribution in [3.63, 3.8) is 0 Å². The molecule has 1 aromatic rings. The van der Waals surface area contributed by atoms with Crippen molar-refractivity contribution in [2.75, 3.05) is 6.61 Å². The standard InChI is InChI=1S/C14H20O3/c1-5-11-8-7-9-12(13(11)16-6-2)14(15)17-10(3)4/h7-10H,5-6H2,1-4H3. The van der Waals surface area contributed by atoms with E-state index in [9.17, 15) is 4.79 Å². The number of esters is 1. The maximum absolute atomic E-state index is 11.9. The van der Waals surface area contributed by atoms with Crippen LogP contribution in [-0.4, -0.2) is 18.7 Å². The van der Waals surface area contributed by atoms with E-state index in [1.165, 1.54) is 0 Å². The summed E-state index contributed by atoms with van der Waals surface area (Å²) in [6.07, 6.45) is 0.709. The summed E-state index contributed by atoms with van der Waals surface area (Å²) in [5.41, 5.74) is 1.55. The Bertz CT molecular complexity index is 383. The summed E-state index contributed by atoms with van der Waals surface area (Å²) in [7, 11) is 0. The molecule has 0 saturated heterocycles. The zero-order valence-electron chi connectivity index (χ0n) is 10.9. The van der Waals surface area contributed by atoms with Crippen LogP contribution in [0.2, 0.25) is 0 Å². The van der Waals surface area contributed by atoms with E-state index in [-0.39, 0.29) is 12.1 Å². The van der Waals surface area contributed by atoms with E-state index < -0.39 is 0 Å². The number of para-hydroxylation sites is 1. The molecule has 0 atom stereocenters. The minimum Gasteiger partial charge on any atom is -0.493 e. The fraction of sp³-hybridized carbons (Fsp3) is 0.500. The quantitative estimate of drug-likeness (QED) is 0.736. The number of carbonyl (C=O) groups excluding carboxylic acids is 1. The molecular formula is C14H20O3. The number of carbonyl (C=O) groups is 1. The Labute approximate surface area is 103 Å². The molecule has 0 aliphatic carbocycles. The van der Waals surface area contributed by atoms with Gasteiger partial charge in [-0.3, -0.25) is 0 Å². The van der Waals surface area contributed by atoms with Crippen LogP contribution >= 0.6 is 0 Å². The number of benzene rings is 1. The average Bonchev–Trinajstić information content (AvgIpc) is 2.28. The van der Waals surface area contributed by atoms with Crippen molar-refractivity contribution in [3.05, 3.63) is 29.3 Å². The van der Waals surface area contributed by atoms with E-state index in [1.54, 1.807) is 6.07 Å². The average molecular weight is 236 g/mol. The molecule has 3 nitrogen and oxygen atoms in total. The summed E-state index contributed by atoms with van der Waals surface area (Å²) in [6.45, 7) is 8.15. The Morgan fingerprint density at radius 2 is 2.00 bits per heavy atom. The number of hydrogen-bond acceptors (Lipinski definition) is 3. The summed E-state index contributed by atoms with van der Waals surface area (Å²) in [5, 5.41) is 0. The van der Waals surface area contributed by atoms with Gasteiger partial charge in [-0.1, -0.05) is 19.1 Å². The van der Waals surface area contributed by atoms with Crippen LogP contribution in [0, 0.1) is 0 Å². The van der Waals surface area contributed by atoms with Crippen LogP contribution in [0.3, 0.4) is 0 Å². The van der Waals surface area contributed by atoms with E-state index in [2.05, 4.69) is 0 Å². The first-order chi connectivity index (χ1) is 8.10. The maximum atomic E-state index is 11.9. The fourth-order valence-electron chi connectivity index (χ4n) is 1.62. The predicted molar refractivity (Wildman–Crippen MR) is 67.5 cm³/mol. The van der Waals surface area contributed by atoms with Gasteiger partial charge in [0.05, 0.1) is 12.7 Å². The van der Waals surface area contributed by atoms with Crippen molar-refractivity contribution >= 4 is 5.97 Å². The molecule has 0 unspecified atom stereocenters. The third-order valence-electron chi connectivity index (χ3n) is 2.33. The normalized spacial score (nSPS) is 10.4. The van der Waals surface area contributed by atoms with Crippen molar-refractivity contribution in [2.45, 2.75) is 40.2 Å². The number of aryl methyl sites for hydroxylation is 1. The molecule has 0 N–H and O–H groups in total. The smallest absolute Gasteiger partial charge is 0.342 e. The molecule has 0 aliphatic heterocycles. The Morgan fingerprint density at radius 1 is 1.29 bits per heavy atom. The van der Waals surface area contributed by atoms with E-state index in [4.69, 9.17) is 9.47 Å². The highest BCUT2D eigenvalue weighted by Gasteiger charge is 2.17. The van der Waals surface area contributed by atoms with Crippen molar-refractivity contribution in [1.82, 2.24) is 0 Å². The Hall–Kier alpha value is -1.51. The van der Waals surface area contributed by atoms with Gasteiger partial charge >= 0.3 is 5.97 Å². The summed E-state index contributed by atoms with van der Waals surface area (Å²) >= 11 is 0. The van der Waals surface area contributed by atoms with Gasteiger partial charge in [-0.15, -0.1) is 0 Å². The van der Waals surface area contributed by atoms with Gasteiger partial charge in [-0.2, -0.15) is 0 Å². The van der Waals surface area contributed by atoms with Crippen LogP contribution in [0.4, 0.5) is 0 Å². The van der Waals surface area contributed by atoms with Gasteiger partial charge in [0.1, 0.15) is 11.3 Å². The van der Waals surface area contributed by atoms with Gasteiger partial charge in [0.25, 0.3) is 0 Å². The van der Waals surface area contributed by atoms with Crippen LogP contribution in [0.25, 0.3) is 0 Å². The SMILES string of the molecule is CCOc1c(CC)cccc1C(=O)OC(C)C. The van der Waals surface area contributed by atoms with E-state index in [0.29, 0.717) is 17.9 Å². The molecule has 0 spiro atoms. The molecule has 0 aliphatic rings. The third-order valence-corrected chi connectivity index (χ3v) is 2.33. The second kappa shape index (κ2) is 6.28. The molecule has 0 amide bonds. The number of rotatable bonds is 5. The van der Waals surface area contributed by atoms with Gasteiger partial charge in [0, 0.05) is 0 Å². The Morgan fingerprint density at radius 3 is 2.53 bits per heavy atom. The highest BCUT2D eigenvalue weighted by molar-refractivity contribution is 5.93. The second-order valence-corrected chi connectivity index (χ2v) is 4.03. The molecule has 0 bridgehead atoms. The van der Waals surface area contributed by atoms with Crippen LogP contribution in [0.15, 0.2) is 18.2 Å². The largest absolute Gasteiger partial charge is 0.493 e. The molecule has 1 aromatic carbocycles. The van der Waals surface area contributed by atoms with Gasteiger partial charge in [-0.05, 0) is 38.8 Å². The molecule has 94 valence electrons. The third kappa shape index (κ3) is 3.48. The minimum absolute atomic E-state index is 0.123. The molecule has 1 rings (SSSR count). The monoisotopic (exact) mass is 236 g/mol. The lowest BCUT2D eigenvalue weighted by Crippen LogP contribution is -2.14. The first-order valence-electron chi connectivity index (χ1n) is 6.05. The lowest BCUT2D eigenvalue weighted by Gasteiger charge is -2.14.